The summed E-state index contributed by atoms with van der Waals surface area (Å²) in [6, 6.07) is 4.44. The number of carbonyl (C=O) groups is 1. The van der Waals surface area contributed by atoms with Crippen LogP contribution in [0.5, 0.6) is 0 Å². The van der Waals surface area contributed by atoms with Gasteiger partial charge in [-0.25, -0.2) is 13.2 Å². The van der Waals surface area contributed by atoms with Gasteiger partial charge in [-0.2, -0.15) is 0 Å². The predicted octanol–water partition coefficient (Wildman–Crippen LogP) is 1.83. The van der Waals surface area contributed by atoms with Crippen molar-refractivity contribution >= 4 is 15.9 Å². The van der Waals surface area contributed by atoms with E-state index in [0.717, 1.165) is 6.26 Å². The van der Waals surface area contributed by atoms with Crippen LogP contribution >= 0.6 is 0 Å². The molecule has 1 N–H and O–H groups in total. The number of aliphatic hydroxyl groups is 1. The number of nitrogens with zero attached hydrogens (tertiary/aromatic N) is 1. The second-order valence-corrected chi connectivity index (χ2v) is 8.13. The number of carbonyl (C=O) groups excluding carboxylic acids is 1. The molecule has 0 saturated carbocycles. The summed E-state index contributed by atoms with van der Waals surface area (Å²) >= 11 is 0. The second kappa shape index (κ2) is 4.99. The van der Waals surface area contributed by atoms with E-state index in [0.29, 0.717) is 11.1 Å². The Hall–Kier alpha value is -1.60. The van der Waals surface area contributed by atoms with Gasteiger partial charge < -0.3 is 9.84 Å². The molecule has 1 aromatic rings. The smallest absolute Gasteiger partial charge is 0.412 e. The molecule has 0 radical (unpaired) electrons. The molecule has 0 aromatic heterocycles. The third-order valence-corrected chi connectivity index (χ3v) is 4.19. The fourth-order valence-corrected chi connectivity index (χ4v) is 2.80. The van der Waals surface area contributed by atoms with E-state index in [4.69, 9.17) is 4.74 Å². The zero-order valence-electron chi connectivity index (χ0n) is 12.5. The van der Waals surface area contributed by atoms with Gasteiger partial charge in [0.25, 0.3) is 0 Å². The van der Waals surface area contributed by atoms with Gasteiger partial charge in [0.15, 0.2) is 16.1 Å². The van der Waals surface area contributed by atoms with E-state index in [2.05, 4.69) is 0 Å². The molecule has 116 valence electrons. The summed E-state index contributed by atoms with van der Waals surface area (Å²) < 4.78 is 28.3. The van der Waals surface area contributed by atoms with Crippen LogP contribution in [0.15, 0.2) is 23.1 Å². The minimum Gasteiger partial charge on any atom is -0.444 e. The summed E-state index contributed by atoms with van der Waals surface area (Å²) in [6.45, 7) is 5.33. The van der Waals surface area contributed by atoms with E-state index in [1.807, 2.05) is 0 Å². The standard InChI is InChI=1S/C14H19NO5S/c1-14(2,3)20-13(17)15-8-9-7-10(21(4,18)19)5-6-11(9)12(15)16/h5-7,12,16H,8H2,1-4H3. The van der Waals surface area contributed by atoms with Crippen LogP contribution in [0, 0.1) is 0 Å². The Kier molecular flexibility index (Phi) is 3.75. The van der Waals surface area contributed by atoms with Gasteiger partial charge in [0, 0.05) is 11.8 Å². The van der Waals surface area contributed by atoms with Gasteiger partial charge >= 0.3 is 6.09 Å². The van der Waals surface area contributed by atoms with Crippen molar-refractivity contribution in [2.45, 2.75) is 44.0 Å². The first-order chi connectivity index (χ1) is 9.49. The van der Waals surface area contributed by atoms with Gasteiger partial charge in [0.2, 0.25) is 0 Å². The highest BCUT2D eigenvalue weighted by Gasteiger charge is 2.35. The minimum absolute atomic E-state index is 0.120. The summed E-state index contributed by atoms with van der Waals surface area (Å²) in [5, 5.41) is 10.2. The van der Waals surface area contributed by atoms with Crippen molar-refractivity contribution in [3.05, 3.63) is 29.3 Å². The topological polar surface area (TPSA) is 83.9 Å². The van der Waals surface area contributed by atoms with Crippen LogP contribution in [0.1, 0.15) is 38.1 Å². The molecule has 7 heteroatoms. The van der Waals surface area contributed by atoms with E-state index in [1.54, 1.807) is 20.8 Å². The first-order valence-electron chi connectivity index (χ1n) is 6.49. The number of fused-ring (bicyclic) bond motifs is 1. The van der Waals surface area contributed by atoms with E-state index in [-0.39, 0.29) is 11.4 Å². The summed E-state index contributed by atoms with van der Waals surface area (Å²) in [6.07, 6.45) is -0.637. The molecule has 0 spiro atoms. The molecule has 21 heavy (non-hydrogen) atoms. The van der Waals surface area contributed by atoms with Gasteiger partial charge in [-0.15, -0.1) is 0 Å². The Bertz CT molecular complexity index is 675. The van der Waals surface area contributed by atoms with Crippen LogP contribution in [0.3, 0.4) is 0 Å². The number of sulfone groups is 1. The van der Waals surface area contributed by atoms with Crippen molar-refractivity contribution in [1.82, 2.24) is 4.90 Å². The van der Waals surface area contributed by atoms with Crippen LogP contribution in [0.25, 0.3) is 0 Å². The largest absolute Gasteiger partial charge is 0.444 e. The van der Waals surface area contributed by atoms with Gasteiger partial charge in [-0.3, -0.25) is 4.90 Å². The van der Waals surface area contributed by atoms with Gasteiger partial charge in [-0.05, 0) is 38.5 Å². The number of aliphatic hydroxyl groups excluding tert-OH is 1. The van der Waals surface area contributed by atoms with E-state index in [1.165, 1.54) is 23.1 Å². The third-order valence-electron chi connectivity index (χ3n) is 3.08. The van der Waals surface area contributed by atoms with Crippen molar-refractivity contribution in [2.24, 2.45) is 0 Å². The lowest BCUT2D eigenvalue weighted by Gasteiger charge is -2.26. The maximum absolute atomic E-state index is 12.0. The van der Waals surface area contributed by atoms with Gasteiger partial charge in [0.1, 0.15) is 5.60 Å². The van der Waals surface area contributed by atoms with Crippen molar-refractivity contribution in [2.75, 3.05) is 6.26 Å². The predicted molar refractivity (Wildman–Crippen MR) is 76.3 cm³/mol. The van der Waals surface area contributed by atoms with Crippen LogP contribution in [-0.4, -0.2) is 36.4 Å². The molecular weight excluding hydrogens is 294 g/mol. The first kappa shape index (κ1) is 15.8. The Balaban J connectivity index is 2.28. The first-order valence-corrected chi connectivity index (χ1v) is 8.39. The molecule has 2 rings (SSSR count). The molecular formula is C14H19NO5S. The molecule has 0 aliphatic carbocycles. The summed E-state index contributed by atoms with van der Waals surface area (Å²) in [5.74, 6) is 0. The Morgan fingerprint density at radius 1 is 1.38 bits per heavy atom. The minimum atomic E-state index is -3.32. The lowest BCUT2D eigenvalue weighted by molar-refractivity contribution is -0.0257. The fraction of sp³-hybridized carbons (Fsp3) is 0.500. The van der Waals surface area contributed by atoms with Gasteiger partial charge in [0.05, 0.1) is 11.4 Å². The average molecular weight is 313 g/mol. The maximum atomic E-state index is 12.0. The molecule has 0 saturated heterocycles. The molecule has 1 aliphatic rings. The van der Waals surface area contributed by atoms with Crippen LogP contribution < -0.4 is 0 Å². The van der Waals surface area contributed by atoms with E-state index >= 15 is 0 Å². The highest BCUT2D eigenvalue weighted by atomic mass is 32.2. The summed E-state index contributed by atoms with van der Waals surface area (Å²) in [4.78, 5) is 13.4. The van der Waals surface area contributed by atoms with Crippen molar-refractivity contribution < 1.29 is 23.1 Å². The number of ether oxygens (including phenoxy) is 1. The summed E-state index contributed by atoms with van der Waals surface area (Å²) in [5.41, 5.74) is 0.466. The van der Waals surface area contributed by atoms with Crippen molar-refractivity contribution in [3.63, 3.8) is 0 Å². The lowest BCUT2D eigenvalue weighted by atomic mass is 10.1. The number of benzene rings is 1. The van der Waals surface area contributed by atoms with Crippen LogP contribution in [0.2, 0.25) is 0 Å². The summed E-state index contributed by atoms with van der Waals surface area (Å²) in [7, 11) is -3.32. The number of hydrogen-bond acceptors (Lipinski definition) is 5. The Labute approximate surface area is 124 Å². The third kappa shape index (κ3) is 3.36. The molecule has 0 bridgehead atoms. The molecule has 6 nitrogen and oxygen atoms in total. The number of amides is 1. The zero-order valence-corrected chi connectivity index (χ0v) is 13.3. The van der Waals surface area contributed by atoms with E-state index < -0.39 is 27.8 Å². The monoisotopic (exact) mass is 313 g/mol. The molecule has 1 atom stereocenters. The molecule has 1 aromatic carbocycles. The number of rotatable bonds is 1. The fourth-order valence-electron chi connectivity index (χ4n) is 2.12. The lowest BCUT2D eigenvalue weighted by Crippen LogP contribution is -2.35. The molecule has 0 fully saturated rings. The van der Waals surface area contributed by atoms with Crippen molar-refractivity contribution in [1.29, 1.82) is 0 Å². The highest BCUT2D eigenvalue weighted by molar-refractivity contribution is 7.90. The average Bonchev–Trinajstić information content (AvgIpc) is 2.63. The zero-order chi connectivity index (χ0) is 16.0. The maximum Gasteiger partial charge on any atom is 0.412 e. The highest BCUT2D eigenvalue weighted by Crippen LogP contribution is 2.34. The van der Waals surface area contributed by atoms with Crippen LogP contribution in [-0.2, 0) is 21.1 Å². The quantitative estimate of drug-likeness (QED) is 0.855. The number of hydrogen-bond donors (Lipinski definition) is 1. The van der Waals surface area contributed by atoms with E-state index in [9.17, 15) is 18.3 Å². The molecule has 1 heterocycles. The molecule has 1 unspecified atom stereocenters. The van der Waals surface area contributed by atoms with Gasteiger partial charge in [-0.1, -0.05) is 6.07 Å². The van der Waals surface area contributed by atoms with Crippen LogP contribution in [0.4, 0.5) is 4.79 Å². The SMILES string of the molecule is CC(C)(C)OC(=O)N1Cc2cc(S(C)(=O)=O)ccc2C1O. The Morgan fingerprint density at radius 2 is 2.00 bits per heavy atom. The normalized spacial score (nSPS) is 18.5. The second-order valence-electron chi connectivity index (χ2n) is 6.11. The Morgan fingerprint density at radius 3 is 2.52 bits per heavy atom. The molecule has 1 amide bonds. The van der Waals surface area contributed by atoms with Crippen molar-refractivity contribution in [3.8, 4) is 0 Å². The molecule has 1 aliphatic heterocycles.